The summed E-state index contributed by atoms with van der Waals surface area (Å²) in [5.74, 6) is -0.352. The lowest BCUT2D eigenvalue weighted by atomic mass is 9.91. The number of carbonyl (C=O) groups is 1. The van der Waals surface area contributed by atoms with Crippen molar-refractivity contribution < 1.29 is 18.7 Å². The van der Waals surface area contributed by atoms with Gasteiger partial charge in [-0.2, -0.15) is 0 Å². The minimum atomic E-state index is -0.329. The van der Waals surface area contributed by atoms with Gasteiger partial charge in [0.1, 0.15) is 11.9 Å². The molecule has 1 heterocycles. The zero-order valence-electron chi connectivity index (χ0n) is 9.92. The molecule has 1 fully saturated rings. The highest BCUT2D eigenvalue weighted by atomic mass is 19.1. The lowest BCUT2D eigenvalue weighted by Gasteiger charge is -2.22. The van der Waals surface area contributed by atoms with Gasteiger partial charge in [-0.1, -0.05) is 18.2 Å². The Morgan fingerprint density at radius 3 is 3.00 bits per heavy atom. The Morgan fingerprint density at radius 2 is 2.28 bits per heavy atom. The number of nitrogens with two attached hydrogens (primary N) is 1. The lowest BCUT2D eigenvalue weighted by Crippen LogP contribution is -2.40. The van der Waals surface area contributed by atoms with E-state index in [9.17, 15) is 9.18 Å². The number of carbonyl (C=O) groups excluding carboxylic acids is 1. The largest absolute Gasteiger partial charge is 0.462 e. The molecule has 98 valence electrons. The maximum atomic E-state index is 13.5. The smallest absolute Gasteiger partial charge is 0.293 e. The second kappa shape index (κ2) is 5.93. The zero-order valence-corrected chi connectivity index (χ0v) is 9.92. The van der Waals surface area contributed by atoms with Crippen molar-refractivity contribution in [2.75, 3.05) is 13.2 Å². The van der Waals surface area contributed by atoms with E-state index < -0.39 is 0 Å². The monoisotopic (exact) mass is 253 g/mol. The number of rotatable bonds is 5. The third-order valence-electron chi connectivity index (χ3n) is 3.26. The van der Waals surface area contributed by atoms with Gasteiger partial charge in [0.2, 0.25) is 0 Å². The molecule has 0 radical (unpaired) electrons. The molecular formula is C13H16FNO3. The summed E-state index contributed by atoms with van der Waals surface area (Å²) in [4.78, 5) is 10.4. The SMILES string of the molecule is N[C@@H](Cc1ccccc1F)[C@H]1COC[C@H]1OC=O. The van der Waals surface area contributed by atoms with Crippen molar-refractivity contribution in [1.29, 1.82) is 0 Å². The molecule has 4 nitrogen and oxygen atoms in total. The summed E-state index contributed by atoms with van der Waals surface area (Å²) in [6.45, 7) is 1.20. The molecular weight excluding hydrogens is 237 g/mol. The molecule has 0 unspecified atom stereocenters. The zero-order chi connectivity index (χ0) is 13.0. The van der Waals surface area contributed by atoms with Crippen molar-refractivity contribution in [2.24, 2.45) is 11.7 Å². The molecule has 0 saturated carbocycles. The van der Waals surface area contributed by atoms with E-state index in [1.54, 1.807) is 18.2 Å². The fraction of sp³-hybridized carbons (Fsp3) is 0.462. The third-order valence-corrected chi connectivity index (χ3v) is 3.26. The predicted octanol–water partition coefficient (Wildman–Crippen LogP) is 0.883. The van der Waals surface area contributed by atoms with Crippen LogP contribution in [0.15, 0.2) is 24.3 Å². The van der Waals surface area contributed by atoms with Gasteiger partial charge in [0.05, 0.1) is 13.2 Å². The number of hydrogen-bond donors (Lipinski definition) is 1. The molecule has 0 bridgehead atoms. The van der Waals surface area contributed by atoms with Crippen LogP contribution in [-0.4, -0.2) is 31.8 Å². The standard InChI is InChI=1S/C13H16FNO3/c14-11-4-2-1-3-9(11)5-12(15)10-6-17-7-13(10)18-8-16/h1-4,8,10,12-13H,5-7,15H2/t10-,12+,13-/m1/s1. The normalized spacial score (nSPS) is 24.8. The Hall–Kier alpha value is -1.46. The molecule has 0 amide bonds. The minimum Gasteiger partial charge on any atom is -0.462 e. The predicted molar refractivity (Wildman–Crippen MR) is 63.3 cm³/mol. The molecule has 1 aliphatic heterocycles. The average Bonchev–Trinajstić information content (AvgIpc) is 2.81. The van der Waals surface area contributed by atoms with E-state index in [1.807, 2.05) is 0 Å². The topological polar surface area (TPSA) is 61.6 Å². The Kier molecular flexibility index (Phi) is 4.28. The molecule has 5 heteroatoms. The Bertz CT molecular complexity index is 413. The summed E-state index contributed by atoms with van der Waals surface area (Å²) in [6, 6.07) is 6.24. The van der Waals surface area contributed by atoms with E-state index in [1.165, 1.54) is 6.07 Å². The first kappa shape index (κ1) is 13.0. The van der Waals surface area contributed by atoms with Gasteiger partial charge in [-0.15, -0.1) is 0 Å². The first-order valence-electron chi connectivity index (χ1n) is 5.88. The summed E-state index contributed by atoms with van der Waals surface area (Å²) in [7, 11) is 0. The first-order valence-corrected chi connectivity index (χ1v) is 5.88. The number of ether oxygens (including phenoxy) is 2. The van der Waals surface area contributed by atoms with Gasteiger partial charge in [-0.3, -0.25) is 4.79 Å². The van der Waals surface area contributed by atoms with Gasteiger partial charge in [0, 0.05) is 12.0 Å². The minimum absolute atomic E-state index is 0.0881. The van der Waals surface area contributed by atoms with Crippen LogP contribution in [0.2, 0.25) is 0 Å². The fourth-order valence-corrected chi connectivity index (χ4v) is 2.23. The maximum Gasteiger partial charge on any atom is 0.293 e. The summed E-state index contributed by atoms with van der Waals surface area (Å²) < 4.78 is 23.7. The molecule has 1 aromatic rings. The quantitative estimate of drug-likeness (QED) is 0.791. The van der Waals surface area contributed by atoms with Crippen LogP contribution in [0.25, 0.3) is 0 Å². The van der Waals surface area contributed by atoms with Crippen LogP contribution in [0.3, 0.4) is 0 Å². The number of benzene rings is 1. The van der Waals surface area contributed by atoms with Crippen molar-refractivity contribution in [3.63, 3.8) is 0 Å². The molecule has 0 aromatic heterocycles. The summed E-state index contributed by atoms with van der Waals surface area (Å²) in [5, 5.41) is 0. The van der Waals surface area contributed by atoms with Crippen molar-refractivity contribution >= 4 is 6.47 Å². The Balaban J connectivity index is 2.01. The van der Waals surface area contributed by atoms with Gasteiger partial charge in [-0.05, 0) is 18.1 Å². The summed E-state index contributed by atoms with van der Waals surface area (Å²) in [6.07, 6.45) is 0.0728. The first-order chi connectivity index (χ1) is 8.72. The van der Waals surface area contributed by atoms with E-state index >= 15 is 0 Å². The van der Waals surface area contributed by atoms with Gasteiger partial charge in [0.25, 0.3) is 6.47 Å². The molecule has 0 spiro atoms. The van der Waals surface area contributed by atoms with E-state index in [0.717, 1.165) is 0 Å². The molecule has 0 aliphatic carbocycles. The van der Waals surface area contributed by atoms with Crippen LogP contribution in [0, 0.1) is 11.7 Å². The molecule has 3 atom stereocenters. The molecule has 2 N–H and O–H groups in total. The molecule has 1 saturated heterocycles. The average molecular weight is 253 g/mol. The molecule has 2 rings (SSSR count). The van der Waals surface area contributed by atoms with E-state index in [2.05, 4.69) is 0 Å². The summed E-state index contributed by atoms with van der Waals surface area (Å²) >= 11 is 0. The highest BCUT2D eigenvalue weighted by molar-refractivity contribution is 5.37. The van der Waals surface area contributed by atoms with Crippen molar-refractivity contribution in [3.05, 3.63) is 35.6 Å². The molecule has 18 heavy (non-hydrogen) atoms. The van der Waals surface area contributed by atoms with Crippen LogP contribution in [-0.2, 0) is 20.7 Å². The van der Waals surface area contributed by atoms with Crippen LogP contribution >= 0.6 is 0 Å². The second-order valence-corrected chi connectivity index (χ2v) is 4.43. The second-order valence-electron chi connectivity index (χ2n) is 4.43. The van der Waals surface area contributed by atoms with Crippen LogP contribution < -0.4 is 5.73 Å². The van der Waals surface area contributed by atoms with Crippen molar-refractivity contribution in [2.45, 2.75) is 18.6 Å². The maximum absolute atomic E-state index is 13.5. The van der Waals surface area contributed by atoms with Crippen LogP contribution in [0.1, 0.15) is 5.56 Å². The third kappa shape index (κ3) is 2.86. The Morgan fingerprint density at radius 1 is 1.50 bits per heavy atom. The van der Waals surface area contributed by atoms with Crippen LogP contribution in [0.4, 0.5) is 4.39 Å². The van der Waals surface area contributed by atoms with E-state index in [4.69, 9.17) is 15.2 Å². The van der Waals surface area contributed by atoms with Gasteiger partial charge >= 0.3 is 0 Å². The molecule has 1 aromatic carbocycles. The summed E-state index contributed by atoms with van der Waals surface area (Å²) in [5.41, 5.74) is 6.63. The number of hydrogen-bond acceptors (Lipinski definition) is 4. The van der Waals surface area contributed by atoms with Crippen molar-refractivity contribution in [3.8, 4) is 0 Å². The van der Waals surface area contributed by atoms with Gasteiger partial charge in [-0.25, -0.2) is 4.39 Å². The fourth-order valence-electron chi connectivity index (χ4n) is 2.23. The van der Waals surface area contributed by atoms with Crippen molar-refractivity contribution in [1.82, 2.24) is 0 Å². The lowest BCUT2D eigenvalue weighted by molar-refractivity contribution is -0.135. The van der Waals surface area contributed by atoms with E-state index in [0.29, 0.717) is 31.7 Å². The highest BCUT2D eigenvalue weighted by Gasteiger charge is 2.34. The molecule has 1 aliphatic rings. The van der Waals surface area contributed by atoms with Gasteiger partial charge < -0.3 is 15.2 Å². The van der Waals surface area contributed by atoms with E-state index in [-0.39, 0.29) is 23.9 Å². The highest BCUT2D eigenvalue weighted by Crippen LogP contribution is 2.22. The van der Waals surface area contributed by atoms with Crippen LogP contribution in [0.5, 0.6) is 0 Å². The number of halogens is 1. The van der Waals surface area contributed by atoms with Gasteiger partial charge in [0.15, 0.2) is 0 Å². The Labute approximate surface area is 105 Å².